The summed E-state index contributed by atoms with van der Waals surface area (Å²) in [4.78, 5) is 0. The summed E-state index contributed by atoms with van der Waals surface area (Å²) < 4.78 is 0. The number of aromatic hydroxyl groups is 2. The summed E-state index contributed by atoms with van der Waals surface area (Å²) in [5.41, 5.74) is 4.84. The molecule has 0 amide bonds. The quantitative estimate of drug-likeness (QED) is 0.628. The number of hydrogen-bond donors (Lipinski definition) is 2. The highest BCUT2D eigenvalue weighted by molar-refractivity contribution is 5.53. The van der Waals surface area contributed by atoms with Crippen LogP contribution in [0, 0.1) is 0 Å². The van der Waals surface area contributed by atoms with Crippen molar-refractivity contribution in [3.05, 3.63) is 58.1 Å². The third kappa shape index (κ3) is 4.66. The van der Waals surface area contributed by atoms with Crippen molar-refractivity contribution in [1.29, 1.82) is 0 Å². The van der Waals surface area contributed by atoms with E-state index in [2.05, 4.69) is 80.5 Å². The van der Waals surface area contributed by atoms with Crippen LogP contribution in [0.4, 0.5) is 0 Å². The van der Waals surface area contributed by atoms with Gasteiger partial charge in [-0.25, -0.2) is 0 Å². The molecule has 2 aromatic carbocycles. The van der Waals surface area contributed by atoms with Gasteiger partial charge in [0, 0.05) is 5.56 Å². The van der Waals surface area contributed by atoms with Crippen LogP contribution >= 0.6 is 0 Å². The van der Waals surface area contributed by atoms with Crippen LogP contribution in [-0.4, -0.2) is 10.2 Å². The third-order valence-corrected chi connectivity index (χ3v) is 5.09. The Kier molecular flexibility index (Phi) is 5.45. The minimum atomic E-state index is -0.162. The molecule has 0 spiro atoms. The fraction of sp³-hybridized carbons (Fsp3) is 0.520. The molecule has 0 fully saturated rings. The lowest BCUT2D eigenvalue weighted by Crippen LogP contribution is -2.19. The Morgan fingerprint density at radius 1 is 0.667 bits per heavy atom. The summed E-state index contributed by atoms with van der Waals surface area (Å²) >= 11 is 0. The van der Waals surface area contributed by atoms with Gasteiger partial charge in [-0.15, -0.1) is 0 Å². The maximum absolute atomic E-state index is 11.1. The molecule has 2 nitrogen and oxygen atoms in total. The van der Waals surface area contributed by atoms with E-state index in [9.17, 15) is 10.2 Å². The van der Waals surface area contributed by atoms with Crippen molar-refractivity contribution in [3.63, 3.8) is 0 Å². The van der Waals surface area contributed by atoms with Gasteiger partial charge in [0.2, 0.25) is 0 Å². The topological polar surface area (TPSA) is 40.5 Å². The normalized spacial score (nSPS) is 13.1. The lowest BCUT2D eigenvalue weighted by molar-refractivity contribution is 0.421. The summed E-state index contributed by atoms with van der Waals surface area (Å²) in [6, 6.07) is 10.1. The maximum atomic E-state index is 11.1. The number of hydrogen-bond acceptors (Lipinski definition) is 2. The van der Waals surface area contributed by atoms with Gasteiger partial charge >= 0.3 is 0 Å². The molecular formula is C25H36O2. The van der Waals surface area contributed by atoms with E-state index in [0.29, 0.717) is 11.5 Å². The average molecular weight is 369 g/mol. The minimum absolute atomic E-state index is 0.111. The van der Waals surface area contributed by atoms with Gasteiger partial charge in [0.25, 0.3) is 0 Å². The summed E-state index contributed by atoms with van der Waals surface area (Å²) in [6.07, 6.45) is 0.730. The fourth-order valence-corrected chi connectivity index (χ4v) is 3.74. The molecule has 0 aliphatic rings. The molecule has 0 aliphatic heterocycles. The number of rotatable bonds is 2. The Morgan fingerprint density at radius 3 is 1.70 bits per heavy atom. The van der Waals surface area contributed by atoms with Crippen LogP contribution in [0.25, 0.3) is 0 Å². The molecule has 0 bridgehead atoms. The monoisotopic (exact) mass is 368 g/mol. The fourth-order valence-electron chi connectivity index (χ4n) is 3.74. The molecule has 148 valence electrons. The number of phenols is 2. The molecule has 0 aliphatic carbocycles. The maximum Gasteiger partial charge on any atom is 0.123 e. The highest BCUT2D eigenvalue weighted by Gasteiger charge is 2.28. The van der Waals surface area contributed by atoms with Crippen molar-refractivity contribution >= 4 is 0 Å². The Labute approximate surface area is 165 Å². The standard InChI is InChI=1S/C25H36O2/c1-23(2,3)18-12-11-17(21(22(18)27)25(7,8)9)14-16-10-13-20(26)19(15-16)24(4,5)6/h10-13,15,26-27H,14H2,1-9H3. The second-order valence-corrected chi connectivity index (χ2v) is 10.8. The minimum Gasteiger partial charge on any atom is -0.508 e. The zero-order valence-corrected chi connectivity index (χ0v) is 18.5. The molecule has 2 rings (SSSR count). The summed E-state index contributed by atoms with van der Waals surface area (Å²) in [7, 11) is 0. The first kappa shape index (κ1) is 21.3. The Balaban J connectivity index is 2.59. The van der Waals surface area contributed by atoms with E-state index in [1.54, 1.807) is 6.07 Å². The number of phenolic OH excluding ortho intramolecular Hbond substituents is 2. The first-order valence-corrected chi connectivity index (χ1v) is 9.80. The van der Waals surface area contributed by atoms with Gasteiger partial charge < -0.3 is 10.2 Å². The van der Waals surface area contributed by atoms with Crippen molar-refractivity contribution in [2.24, 2.45) is 0 Å². The molecule has 0 heterocycles. The highest BCUT2D eigenvalue weighted by Crippen LogP contribution is 2.42. The molecule has 0 radical (unpaired) electrons. The zero-order valence-electron chi connectivity index (χ0n) is 18.5. The lowest BCUT2D eigenvalue weighted by Gasteiger charge is -2.30. The predicted octanol–water partition coefficient (Wildman–Crippen LogP) is 6.58. The average Bonchev–Trinajstić information content (AvgIpc) is 2.45. The number of benzene rings is 2. The van der Waals surface area contributed by atoms with Crippen LogP contribution in [0.1, 0.15) is 90.1 Å². The van der Waals surface area contributed by atoms with Crippen molar-refractivity contribution in [3.8, 4) is 11.5 Å². The Bertz CT molecular complexity index is 825. The van der Waals surface area contributed by atoms with Crippen LogP contribution in [0.5, 0.6) is 11.5 Å². The predicted molar refractivity (Wildman–Crippen MR) is 115 cm³/mol. The summed E-state index contributed by atoms with van der Waals surface area (Å²) in [5.74, 6) is 0.760. The van der Waals surface area contributed by atoms with Gasteiger partial charge in [-0.05, 0) is 51.0 Å². The first-order chi connectivity index (χ1) is 12.1. The second-order valence-electron chi connectivity index (χ2n) is 10.8. The van der Waals surface area contributed by atoms with Crippen LogP contribution < -0.4 is 0 Å². The van der Waals surface area contributed by atoms with E-state index < -0.39 is 0 Å². The van der Waals surface area contributed by atoms with E-state index in [-0.39, 0.29) is 16.2 Å². The Morgan fingerprint density at radius 2 is 1.22 bits per heavy atom. The summed E-state index contributed by atoms with van der Waals surface area (Å²) in [6.45, 7) is 19.2. The molecule has 2 N–H and O–H groups in total. The van der Waals surface area contributed by atoms with Crippen molar-refractivity contribution < 1.29 is 10.2 Å². The van der Waals surface area contributed by atoms with E-state index in [1.165, 1.54) is 0 Å². The first-order valence-electron chi connectivity index (χ1n) is 9.80. The van der Waals surface area contributed by atoms with E-state index in [4.69, 9.17) is 0 Å². The summed E-state index contributed by atoms with van der Waals surface area (Å²) in [5, 5.41) is 21.4. The van der Waals surface area contributed by atoms with Crippen LogP contribution in [0.3, 0.4) is 0 Å². The molecule has 0 atom stereocenters. The highest BCUT2D eigenvalue weighted by atomic mass is 16.3. The molecular weight excluding hydrogens is 332 g/mol. The van der Waals surface area contributed by atoms with E-state index in [0.717, 1.165) is 34.2 Å². The van der Waals surface area contributed by atoms with E-state index >= 15 is 0 Å². The van der Waals surface area contributed by atoms with Gasteiger partial charge in [-0.1, -0.05) is 86.6 Å². The second kappa shape index (κ2) is 6.89. The van der Waals surface area contributed by atoms with Crippen LogP contribution in [0.2, 0.25) is 0 Å². The molecule has 0 saturated carbocycles. The zero-order chi connectivity index (χ0) is 20.8. The van der Waals surface area contributed by atoms with Gasteiger partial charge in [0.15, 0.2) is 0 Å². The van der Waals surface area contributed by atoms with Gasteiger partial charge in [-0.3, -0.25) is 0 Å². The Hall–Kier alpha value is -1.96. The van der Waals surface area contributed by atoms with Gasteiger partial charge in [0.1, 0.15) is 11.5 Å². The van der Waals surface area contributed by atoms with Gasteiger partial charge in [-0.2, -0.15) is 0 Å². The van der Waals surface area contributed by atoms with Crippen molar-refractivity contribution in [2.75, 3.05) is 0 Å². The molecule has 0 aromatic heterocycles. The molecule has 27 heavy (non-hydrogen) atoms. The van der Waals surface area contributed by atoms with Crippen LogP contribution in [-0.2, 0) is 22.7 Å². The largest absolute Gasteiger partial charge is 0.508 e. The molecule has 0 saturated heterocycles. The smallest absolute Gasteiger partial charge is 0.123 e. The van der Waals surface area contributed by atoms with E-state index in [1.807, 2.05) is 6.07 Å². The molecule has 2 aromatic rings. The molecule has 0 unspecified atom stereocenters. The third-order valence-electron chi connectivity index (χ3n) is 5.09. The van der Waals surface area contributed by atoms with Crippen molar-refractivity contribution in [2.45, 2.75) is 85.0 Å². The lowest BCUT2D eigenvalue weighted by atomic mass is 9.76. The van der Waals surface area contributed by atoms with Gasteiger partial charge in [0.05, 0.1) is 0 Å². The molecule has 2 heteroatoms. The SMILES string of the molecule is CC(C)(C)c1cc(Cc2ccc(C(C)(C)C)c(O)c2C(C)(C)C)ccc1O. The van der Waals surface area contributed by atoms with Crippen LogP contribution in [0.15, 0.2) is 30.3 Å². The van der Waals surface area contributed by atoms with Crippen molar-refractivity contribution in [1.82, 2.24) is 0 Å².